The molecule has 0 aliphatic carbocycles. The highest BCUT2D eigenvalue weighted by Gasteiger charge is 2.16. The van der Waals surface area contributed by atoms with Crippen molar-refractivity contribution in [3.8, 4) is 0 Å². The van der Waals surface area contributed by atoms with E-state index in [2.05, 4.69) is 27.0 Å². The molecule has 1 saturated heterocycles. The van der Waals surface area contributed by atoms with Gasteiger partial charge in [0.15, 0.2) is 5.96 Å². The first-order valence-corrected chi connectivity index (χ1v) is 10.7. The summed E-state index contributed by atoms with van der Waals surface area (Å²) in [5.74, 6) is 0.640. The molecule has 1 amide bonds. The molecule has 0 aromatic heterocycles. The van der Waals surface area contributed by atoms with Gasteiger partial charge in [-0.2, -0.15) is 0 Å². The highest BCUT2D eigenvalue weighted by atomic mass is 127. The van der Waals surface area contributed by atoms with Crippen LogP contribution >= 0.6 is 35.6 Å². The van der Waals surface area contributed by atoms with E-state index < -0.39 is 0 Å². The number of ether oxygens (including phenoxy) is 1. The van der Waals surface area contributed by atoms with Gasteiger partial charge in [-0.05, 0) is 54.7 Å². The summed E-state index contributed by atoms with van der Waals surface area (Å²) in [7, 11) is 1.74. The number of nitrogens with one attached hydrogen (secondary N) is 3. The number of amides is 1. The Hall–Kier alpha value is -1.84. The number of carbonyl (C=O) groups is 1. The van der Waals surface area contributed by atoms with E-state index in [-0.39, 0.29) is 36.0 Å². The molecule has 2 aromatic carbocycles. The number of carbonyl (C=O) groups excluding carboxylic acids is 1. The predicted octanol–water partition coefficient (Wildman–Crippen LogP) is 3.77. The van der Waals surface area contributed by atoms with Crippen LogP contribution in [0.4, 0.5) is 0 Å². The van der Waals surface area contributed by atoms with Gasteiger partial charge in [-0.15, -0.1) is 24.0 Å². The molecule has 168 valence electrons. The lowest BCUT2D eigenvalue weighted by molar-refractivity contribution is 0.0857. The van der Waals surface area contributed by atoms with Crippen LogP contribution in [-0.4, -0.2) is 44.7 Å². The van der Waals surface area contributed by atoms with Gasteiger partial charge in [0.2, 0.25) is 0 Å². The molecule has 0 spiro atoms. The summed E-state index contributed by atoms with van der Waals surface area (Å²) in [4.78, 5) is 16.7. The number of hydrogen-bond donors (Lipinski definition) is 3. The van der Waals surface area contributed by atoms with Crippen molar-refractivity contribution in [1.29, 1.82) is 0 Å². The Morgan fingerprint density at radius 3 is 2.68 bits per heavy atom. The van der Waals surface area contributed by atoms with E-state index in [1.807, 2.05) is 42.5 Å². The second-order valence-corrected chi connectivity index (χ2v) is 7.71. The number of rotatable bonds is 8. The Morgan fingerprint density at radius 2 is 1.94 bits per heavy atom. The first-order valence-electron chi connectivity index (χ1n) is 10.3. The summed E-state index contributed by atoms with van der Waals surface area (Å²) in [5, 5.41) is 10.3. The second-order valence-electron chi connectivity index (χ2n) is 7.28. The predicted molar refractivity (Wildman–Crippen MR) is 137 cm³/mol. The van der Waals surface area contributed by atoms with Crippen LogP contribution < -0.4 is 16.0 Å². The van der Waals surface area contributed by atoms with Crippen molar-refractivity contribution in [2.45, 2.75) is 31.9 Å². The Kier molecular flexibility index (Phi) is 11.1. The minimum Gasteiger partial charge on any atom is -0.376 e. The zero-order valence-corrected chi connectivity index (χ0v) is 20.8. The molecular weight excluding hydrogens is 527 g/mol. The van der Waals surface area contributed by atoms with Gasteiger partial charge < -0.3 is 20.7 Å². The minimum atomic E-state index is -0.0728. The molecule has 1 fully saturated rings. The van der Waals surface area contributed by atoms with E-state index in [9.17, 15) is 4.79 Å². The van der Waals surface area contributed by atoms with Crippen molar-refractivity contribution >= 4 is 47.4 Å². The highest BCUT2D eigenvalue weighted by molar-refractivity contribution is 14.0. The average molecular weight is 557 g/mol. The summed E-state index contributed by atoms with van der Waals surface area (Å²) >= 11 is 6.03. The van der Waals surface area contributed by atoms with Gasteiger partial charge in [0.05, 0.1) is 6.10 Å². The van der Waals surface area contributed by atoms with E-state index in [1.165, 1.54) is 5.56 Å². The van der Waals surface area contributed by atoms with Crippen molar-refractivity contribution in [2.24, 2.45) is 4.99 Å². The lowest BCUT2D eigenvalue weighted by Gasteiger charge is -2.13. The second kappa shape index (κ2) is 13.5. The van der Waals surface area contributed by atoms with E-state index in [0.717, 1.165) is 43.0 Å². The Morgan fingerprint density at radius 1 is 1.13 bits per heavy atom. The molecule has 8 heteroatoms. The van der Waals surface area contributed by atoms with Crippen molar-refractivity contribution in [3.05, 3.63) is 70.2 Å². The van der Waals surface area contributed by atoms with Crippen LogP contribution in [0.15, 0.2) is 53.5 Å². The Labute approximate surface area is 206 Å². The van der Waals surface area contributed by atoms with Gasteiger partial charge in [0.1, 0.15) is 0 Å². The van der Waals surface area contributed by atoms with Gasteiger partial charge in [0.25, 0.3) is 5.91 Å². The third kappa shape index (κ3) is 8.66. The van der Waals surface area contributed by atoms with Gasteiger partial charge in [-0.3, -0.25) is 9.79 Å². The van der Waals surface area contributed by atoms with Crippen LogP contribution in [0.3, 0.4) is 0 Å². The lowest BCUT2D eigenvalue weighted by Crippen LogP contribution is -2.38. The van der Waals surface area contributed by atoms with Crippen LogP contribution in [0, 0.1) is 0 Å². The molecule has 0 saturated carbocycles. The van der Waals surface area contributed by atoms with Gasteiger partial charge >= 0.3 is 0 Å². The summed E-state index contributed by atoms with van der Waals surface area (Å²) in [6.07, 6.45) is 3.06. The zero-order valence-electron chi connectivity index (χ0n) is 17.7. The molecule has 0 bridgehead atoms. The van der Waals surface area contributed by atoms with E-state index >= 15 is 0 Å². The third-order valence-corrected chi connectivity index (χ3v) is 5.22. The molecule has 1 atom stereocenters. The fraction of sp³-hybridized carbons (Fsp3) is 0.391. The van der Waals surface area contributed by atoms with E-state index in [0.29, 0.717) is 24.6 Å². The first-order chi connectivity index (χ1) is 14.6. The molecule has 3 rings (SSSR count). The first kappa shape index (κ1) is 25.4. The average Bonchev–Trinajstić information content (AvgIpc) is 3.28. The van der Waals surface area contributed by atoms with Gasteiger partial charge in [-0.25, -0.2) is 0 Å². The highest BCUT2D eigenvalue weighted by Crippen LogP contribution is 2.12. The summed E-state index contributed by atoms with van der Waals surface area (Å²) < 4.78 is 5.56. The molecule has 2 aromatic rings. The van der Waals surface area contributed by atoms with E-state index in [1.54, 1.807) is 7.05 Å². The number of hydrogen-bond acceptors (Lipinski definition) is 3. The van der Waals surface area contributed by atoms with Crippen molar-refractivity contribution < 1.29 is 9.53 Å². The Balaban J connectivity index is 0.00000341. The van der Waals surface area contributed by atoms with E-state index in [4.69, 9.17) is 16.3 Å². The zero-order chi connectivity index (χ0) is 21.2. The van der Waals surface area contributed by atoms with Gasteiger partial charge in [-0.1, -0.05) is 35.9 Å². The maximum Gasteiger partial charge on any atom is 0.251 e. The van der Waals surface area contributed by atoms with Crippen molar-refractivity contribution in [3.63, 3.8) is 0 Å². The van der Waals surface area contributed by atoms with Crippen LogP contribution in [0.2, 0.25) is 5.02 Å². The number of aliphatic imine (C=N–C) groups is 1. The summed E-state index contributed by atoms with van der Waals surface area (Å²) in [6.45, 7) is 2.66. The molecule has 0 radical (unpaired) electrons. The molecule has 1 heterocycles. The molecule has 1 aliphatic heterocycles. The Bertz CT molecular complexity index is 872. The number of benzene rings is 2. The molecule has 6 nitrogen and oxygen atoms in total. The monoisotopic (exact) mass is 556 g/mol. The maximum atomic E-state index is 12.4. The van der Waals surface area contributed by atoms with Crippen molar-refractivity contribution in [2.75, 3.05) is 26.7 Å². The molecule has 3 N–H and O–H groups in total. The topological polar surface area (TPSA) is 74.8 Å². The molecule has 31 heavy (non-hydrogen) atoms. The molecular formula is C23H30ClIN4O2. The third-order valence-electron chi connectivity index (χ3n) is 4.98. The fourth-order valence-electron chi connectivity index (χ4n) is 3.36. The minimum absolute atomic E-state index is 0. The smallest absolute Gasteiger partial charge is 0.251 e. The summed E-state index contributed by atoms with van der Waals surface area (Å²) in [6, 6.07) is 15.5. The van der Waals surface area contributed by atoms with Crippen LogP contribution in [0.5, 0.6) is 0 Å². The largest absolute Gasteiger partial charge is 0.376 e. The fourth-order valence-corrected chi connectivity index (χ4v) is 3.57. The SMILES string of the molecule is CN=C(NCCc1cccc(Cl)c1)NCc1cccc(C(=O)NCC2CCCO2)c1.I. The normalized spacial score (nSPS) is 15.8. The lowest BCUT2D eigenvalue weighted by atomic mass is 10.1. The molecule has 1 aliphatic rings. The van der Waals surface area contributed by atoms with Gasteiger partial charge in [0, 0.05) is 43.9 Å². The molecule has 1 unspecified atom stereocenters. The van der Waals surface area contributed by atoms with Crippen LogP contribution in [-0.2, 0) is 17.7 Å². The van der Waals surface area contributed by atoms with Crippen molar-refractivity contribution in [1.82, 2.24) is 16.0 Å². The summed E-state index contributed by atoms with van der Waals surface area (Å²) in [5.41, 5.74) is 2.83. The standard InChI is InChI=1S/C23H29ClN4O2.HI/c1-25-23(26-11-10-17-5-3-8-20(24)14-17)28-15-18-6-2-7-19(13-18)22(29)27-16-21-9-4-12-30-21;/h2-3,5-8,13-14,21H,4,9-12,15-16H2,1H3,(H,27,29)(H2,25,26,28);1H. The maximum absolute atomic E-state index is 12.4. The van der Waals surface area contributed by atoms with Crippen LogP contribution in [0.25, 0.3) is 0 Å². The number of guanidine groups is 1. The number of halogens is 2. The number of nitrogens with zero attached hydrogens (tertiary/aromatic N) is 1. The quantitative estimate of drug-likeness (QED) is 0.263. The van der Waals surface area contributed by atoms with Crippen LogP contribution in [0.1, 0.15) is 34.3 Å².